The van der Waals surface area contributed by atoms with Gasteiger partial charge in [0, 0.05) is 33.4 Å². The molecule has 0 aliphatic rings. The van der Waals surface area contributed by atoms with E-state index in [0.717, 1.165) is 45.0 Å². The Hall–Kier alpha value is -0.0800. The first-order valence-corrected chi connectivity index (χ1v) is 7.94. The van der Waals surface area contributed by atoms with Crippen LogP contribution in [0.4, 0.5) is 0 Å². The van der Waals surface area contributed by atoms with Gasteiger partial charge < -0.3 is 20.1 Å². The topological polar surface area (TPSA) is 54.9 Å². The molecule has 128 valence electrons. The summed E-state index contributed by atoms with van der Waals surface area (Å²) in [7, 11) is 1.69. The standard InChI is InChI=1S/C15H33N3O2.HI/c1-4-6-7-10-17-15(16-5-2)18-11-8-9-12-20-14-13-19-3;/h4-14H2,1-3H3,(H2,16,17,18);1H. The van der Waals surface area contributed by atoms with Crippen molar-refractivity contribution in [3.8, 4) is 0 Å². The van der Waals surface area contributed by atoms with Gasteiger partial charge in [0.25, 0.3) is 0 Å². The summed E-state index contributed by atoms with van der Waals surface area (Å²) < 4.78 is 10.3. The molecular formula is C15H34IN3O2. The Balaban J connectivity index is 0. The van der Waals surface area contributed by atoms with Gasteiger partial charge in [-0.3, -0.25) is 4.99 Å². The zero-order valence-corrected chi connectivity index (χ0v) is 16.3. The van der Waals surface area contributed by atoms with Crippen LogP contribution < -0.4 is 10.6 Å². The second-order valence-corrected chi connectivity index (χ2v) is 4.71. The van der Waals surface area contributed by atoms with E-state index in [2.05, 4.69) is 29.5 Å². The Labute approximate surface area is 147 Å². The number of methoxy groups -OCH3 is 1. The van der Waals surface area contributed by atoms with Gasteiger partial charge in [-0.05, 0) is 26.2 Å². The molecule has 0 unspecified atom stereocenters. The minimum atomic E-state index is 0. The van der Waals surface area contributed by atoms with Gasteiger partial charge in [-0.15, -0.1) is 24.0 Å². The predicted molar refractivity (Wildman–Crippen MR) is 101 cm³/mol. The van der Waals surface area contributed by atoms with E-state index in [0.29, 0.717) is 13.2 Å². The van der Waals surface area contributed by atoms with E-state index in [1.807, 2.05) is 0 Å². The average molecular weight is 415 g/mol. The molecule has 0 aliphatic carbocycles. The molecule has 0 rings (SSSR count). The lowest BCUT2D eigenvalue weighted by Gasteiger charge is -2.11. The van der Waals surface area contributed by atoms with Crippen molar-refractivity contribution in [2.45, 2.75) is 46.0 Å². The molecule has 0 atom stereocenters. The van der Waals surface area contributed by atoms with Crippen molar-refractivity contribution in [2.24, 2.45) is 4.99 Å². The summed E-state index contributed by atoms with van der Waals surface area (Å²) in [6.07, 6.45) is 5.81. The Morgan fingerprint density at radius 1 is 0.952 bits per heavy atom. The molecule has 0 heterocycles. The number of unbranched alkanes of at least 4 members (excludes halogenated alkanes) is 3. The van der Waals surface area contributed by atoms with Crippen LogP contribution in [0.3, 0.4) is 0 Å². The summed E-state index contributed by atoms with van der Waals surface area (Å²) >= 11 is 0. The molecule has 0 aliphatic heterocycles. The van der Waals surface area contributed by atoms with Gasteiger partial charge in [0.1, 0.15) is 0 Å². The summed E-state index contributed by atoms with van der Waals surface area (Å²) in [4.78, 5) is 4.56. The van der Waals surface area contributed by atoms with E-state index in [4.69, 9.17) is 9.47 Å². The van der Waals surface area contributed by atoms with Gasteiger partial charge in [0.05, 0.1) is 13.2 Å². The zero-order chi connectivity index (χ0) is 14.9. The molecule has 0 amide bonds. The van der Waals surface area contributed by atoms with E-state index in [1.54, 1.807) is 7.11 Å². The maximum absolute atomic E-state index is 5.42. The SMILES string of the molecule is CCCCCN=C(NCC)NCCCCOCCOC.I. The molecule has 0 aromatic heterocycles. The van der Waals surface area contributed by atoms with Crippen molar-refractivity contribution in [2.75, 3.05) is 46.6 Å². The molecule has 21 heavy (non-hydrogen) atoms. The summed E-state index contributed by atoms with van der Waals surface area (Å²) in [5.41, 5.74) is 0. The van der Waals surface area contributed by atoms with Crippen LogP contribution in [0, 0.1) is 0 Å². The van der Waals surface area contributed by atoms with Crippen LogP contribution >= 0.6 is 24.0 Å². The summed E-state index contributed by atoms with van der Waals surface area (Å²) in [5.74, 6) is 0.934. The van der Waals surface area contributed by atoms with Gasteiger partial charge in [-0.1, -0.05) is 19.8 Å². The number of guanidine groups is 1. The summed E-state index contributed by atoms with van der Waals surface area (Å²) in [5, 5.41) is 6.63. The van der Waals surface area contributed by atoms with Crippen LogP contribution in [0.15, 0.2) is 4.99 Å². The molecule has 0 radical (unpaired) electrons. The van der Waals surface area contributed by atoms with E-state index >= 15 is 0 Å². The van der Waals surface area contributed by atoms with Crippen LogP contribution in [0.1, 0.15) is 46.0 Å². The molecule has 6 heteroatoms. The minimum Gasteiger partial charge on any atom is -0.382 e. The molecule has 0 spiro atoms. The molecule has 5 nitrogen and oxygen atoms in total. The molecule has 0 fully saturated rings. The van der Waals surface area contributed by atoms with E-state index in [1.165, 1.54) is 19.3 Å². The van der Waals surface area contributed by atoms with Crippen LogP contribution in [-0.2, 0) is 9.47 Å². The van der Waals surface area contributed by atoms with E-state index in [-0.39, 0.29) is 24.0 Å². The Kier molecular flexibility index (Phi) is 22.0. The van der Waals surface area contributed by atoms with Gasteiger partial charge in [-0.2, -0.15) is 0 Å². The highest BCUT2D eigenvalue weighted by Gasteiger charge is 1.96. The fourth-order valence-electron chi connectivity index (χ4n) is 1.67. The van der Waals surface area contributed by atoms with Crippen molar-refractivity contribution in [1.82, 2.24) is 10.6 Å². The van der Waals surface area contributed by atoms with Gasteiger partial charge in [0.15, 0.2) is 5.96 Å². The first kappa shape index (κ1) is 23.2. The highest BCUT2D eigenvalue weighted by molar-refractivity contribution is 14.0. The highest BCUT2D eigenvalue weighted by atomic mass is 127. The Morgan fingerprint density at radius 3 is 2.43 bits per heavy atom. The van der Waals surface area contributed by atoms with Crippen LogP contribution in [0.5, 0.6) is 0 Å². The normalized spacial score (nSPS) is 11.1. The number of rotatable bonds is 13. The number of hydrogen-bond acceptors (Lipinski definition) is 3. The molecular weight excluding hydrogens is 381 g/mol. The number of halogens is 1. The lowest BCUT2D eigenvalue weighted by Crippen LogP contribution is -2.37. The van der Waals surface area contributed by atoms with Gasteiger partial charge in [0.2, 0.25) is 0 Å². The average Bonchev–Trinajstić information content (AvgIpc) is 2.46. The fraction of sp³-hybridized carbons (Fsp3) is 0.933. The van der Waals surface area contributed by atoms with Crippen LogP contribution in [-0.4, -0.2) is 52.5 Å². The maximum atomic E-state index is 5.42. The maximum Gasteiger partial charge on any atom is 0.191 e. The number of ether oxygens (including phenoxy) is 2. The molecule has 0 aromatic rings. The smallest absolute Gasteiger partial charge is 0.191 e. The molecule has 0 saturated carbocycles. The molecule has 2 N–H and O–H groups in total. The Bertz CT molecular complexity index is 229. The third kappa shape index (κ3) is 17.9. The second-order valence-electron chi connectivity index (χ2n) is 4.71. The first-order valence-electron chi connectivity index (χ1n) is 7.94. The predicted octanol–water partition coefficient (Wildman–Crippen LogP) is 2.79. The summed E-state index contributed by atoms with van der Waals surface area (Å²) in [6.45, 7) is 9.21. The second kappa shape index (κ2) is 19.9. The Morgan fingerprint density at radius 2 is 1.76 bits per heavy atom. The number of hydrogen-bond donors (Lipinski definition) is 2. The lowest BCUT2D eigenvalue weighted by atomic mass is 10.2. The largest absolute Gasteiger partial charge is 0.382 e. The van der Waals surface area contributed by atoms with Crippen LogP contribution in [0.2, 0.25) is 0 Å². The van der Waals surface area contributed by atoms with Crippen molar-refractivity contribution in [3.63, 3.8) is 0 Å². The monoisotopic (exact) mass is 415 g/mol. The van der Waals surface area contributed by atoms with Crippen molar-refractivity contribution < 1.29 is 9.47 Å². The number of nitrogens with zero attached hydrogens (tertiary/aromatic N) is 1. The minimum absolute atomic E-state index is 0. The fourth-order valence-corrected chi connectivity index (χ4v) is 1.67. The zero-order valence-electron chi connectivity index (χ0n) is 14.0. The third-order valence-electron chi connectivity index (χ3n) is 2.82. The molecule has 0 bridgehead atoms. The van der Waals surface area contributed by atoms with Gasteiger partial charge >= 0.3 is 0 Å². The number of aliphatic imine (C=N–C) groups is 1. The van der Waals surface area contributed by atoms with Gasteiger partial charge in [-0.25, -0.2) is 0 Å². The molecule has 0 saturated heterocycles. The van der Waals surface area contributed by atoms with Crippen molar-refractivity contribution in [1.29, 1.82) is 0 Å². The van der Waals surface area contributed by atoms with E-state index < -0.39 is 0 Å². The summed E-state index contributed by atoms with van der Waals surface area (Å²) in [6, 6.07) is 0. The van der Waals surface area contributed by atoms with E-state index in [9.17, 15) is 0 Å². The molecule has 0 aromatic carbocycles. The van der Waals surface area contributed by atoms with Crippen molar-refractivity contribution >= 4 is 29.9 Å². The quantitative estimate of drug-likeness (QED) is 0.210. The van der Waals surface area contributed by atoms with Crippen molar-refractivity contribution in [3.05, 3.63) is 0 Å². The lowest BCUT2D eigenvalue weighted by molar-refractivity contribution is 0.0689. The first-order chi connectivity index (χ1) is 9.85. The highest BCUT2D eigenvalue weighted by Crippen LogP contribution is 1.94. The number of nitrogens with one attached hydrogen (secondary N) is 2. The van der Waals surface area contributed by atoms with Crippen LogP contribution in [0.25, 0.3) is 0 Å². The third-order valence-corrected chi connectivity index (χ3v) is 2.82.